The molecule has 1 unspecified atom stereocenters. The summed E-state index contributed by atoms with van der Waals surface area (Å²) in [5.41, 5.74) is 3.86. The second-order valence-corrected chi connectivity index (χ2v) is 8.73. The highest BCUT2D eigenvalue weighted by atomic mass is 19.1. The Morgan fingerprint density at radius 1 is 1.16 bits per heavy atom. The van der Waals surface area contributed by atoms with E-state index in [0.29, 0.717) is 25.2 Å². The lowest BCUT2D eigenvalue weighted by Crippen LogP contribution is -2.37. The lowest BCUT2D eigenvalue weighted by atomic mass is 10.0. The van der Waals surface area contributed by atoms with Gasteiger partial charge in [0.2, 0.25) is 5.91 Å². The van der Waals surface area contributed by atoms with Gasteiger partial charge in [0.05, 0.1) is 18.8 Å². The first-order chi connectivity index (χ1) is 15.5. The molecule has 1 atom stereocenters. The summed E-state index contributed by atoms with van der Waals surface area (Å²) < 4.78 is 15.5. The zero-order chi connectivity index (χ0) is 22.2. The summed E-state index contributed by atoms with van der Waals surface area (Å²) in [5.74, 6) is 1.16. The van der Waals surface area contributed by atoms with E-state index < -0.39 is 0 Å². The Hall–Kier alpha value is -3.13. The van der Waals surface area contributed by atoms with Crippen LogP contribution in [0.3, 0.4) is 0 Å². The van der Waals surface area contributed by atoms with Crippen molar-refractivity contribution in [3.05, 3.63) is 70.7 Å². The molecular formula is C24H27FN6O. The lowest BCUT2D eigenvalue weighted by Gasteiger charge is -2.31. The SMILES string of the molecule is Cc1nc(C2CCCN2Cc2cnn(C)c2)nc2c1CCC(=O)N2Cc1cccc(F)c1. The average Bonchev–Trinajstić information content (AvgIpc) is 3.39. The van der Waals surface area contributed by atoms with E-state index in [1.165, 1.54) is 12.1 Å². The van der Waals surface area contributed by atoms with Gasteiger partial charge in [-0.1, -0.05) is 12.1 Å². The first kappa shape index (κ1) is 20.8. The summed E-state index contributed by atoms with van der Waals surface area (Å²) in [4.78, 5) is 26.8. The number of halogens is 1. The maximum Gasteiger partial charge on any atom is 0.228 e. The van der Waals surface area contributed by atoms with Gasteiger partial charge in [-0.3, -0.25) is 19.3 Å². The smallest absolute Gasteiger partial charge is 0.228 e. The molecule has 1 fully saturated rings. The maximum atomic E-state index is 13.7. The number of carbonyl (C=O) groups is 1. The molecule has 7 nitrogen and oxygen atoms in total. The summed E-state index contributed by atoms with van der Waals surface area (Å²) >= 11 is 0. The topological polar surface area (TPSA) is 67.2 Å². The van der Waals surface area contributed by atoms with Crippen LogP contribution in [0.1, 0.15) is 53.5 Å². The molecule has 166 valence electrons. The molecule has 2 aliphatic rings. The number of hydrogen-bond donors (Lipinski definition) is 0. The molecule has 0 N–H and O–H groups in total. The average molecular weight is 435 g/mol. The summed E-state index contributed by atoms with van der Waals surface area (Å²) in [5, 5.41) is 4.28. The molecule has 0 aliphatic carbocycles. The van der Waals surface area contributed by atoms with Gasteiger partial charge in [-0.15, -0.1) is 0 Å². The Balaban J connectivity index is 1.47. The molecule has 5 rings (SSSR count). The molecule has 0 bridgehead atoms. The van der Waals surface area contributed by atoms with E-state index >= 15 is 0 Å². The maximum absolute atomic E-state index is 13.7. The summed E-state index contributed by atoms with van der Waals surface area (Å²) in [7, 11) is 1.92. The van der Waals surface area contributed by atoms with Gasteiger partial charge in [-0.2, -0.15) is 5.10 Å². The second-order valence-electron chi connectivity index (χ2n) is 8.73. The van der Waals surface area contributed by atoms with Crippen molar-refractivity contribution in [1.29, 1.82) is 0 Å². The molecular weight excluding hydrogens is 407 g/mol. The molecule has 8 heteroatoms. The summed E-state index contributed by atoms with van der Waals surface area (Å²) in [6.07, 6.45) is 7.06. The van der Waals surface area contributed by atoms with Crippen LogP contribution in [-0.2, 0) is 31.4 Å². The third kappa shape index (κ3) is 4.02. The van der Waals surface area contributed by atoms with Crippen molar-refractivity contribution < 1.29 is 9.18 Å². The second kappa shape index (κ2) is 8.43. The Labute approximate surface area is 186 Å². The minimum atomic E-state index is -0.302. The van der Waals surface area contributed by atoms with Gasteiger partial charge in [0.1, 0.15) is 17.5 Å². The van der Waals surface area contributed by atoms with Crippen LogP contribution in [0.4, 0.5) is 10.2 Å². The van der Waals surface area contributed by atoms with Gasteiger partial charge in [0.25, 0.3) is 0 Å². The molecule has 2 aliphatic heterocycles. The van der Waals surface area contributed by atoms with E-state index in [4.69, 9.17) is 9.97 Å². The van der Waals surface area contributed by atoms with E-state index in [2.05, 4.69) is 10.00 Å². The Bertz CT molecular complexity index is 1160. The van der Waals surface area contributed by atoms with Gasteiger partial charge in [-0.25, -0.2) is 14.4 Å². The predicted octanol–water partition coefficient (Wildman–Crippen LogP) is 3.47. The van der Waals surface area contributed by atoms with Crippen LogP contribution in [0, 0.1) is 12.7 Å². The van der Waals surface area contributed by atoms with E-state index in [0.717, 1.165) is 54.1 Å². The first-order valence-electron chi connectivity index (χ1n) is 11.1. The molecule has 0 spiro atoms. The van der Waals surface area contributed by atoms with Crippen molar-refractivity contribution in [1.82, 2.24) is 24.6 Å². The van der Waals surface area contributed by atoms with Crippen LogP contribution >= 0.6 is 0 Å². The van der Waals surface area contributed by atoms with Crippen molar-refractivity contribution in [2.24, 2.45) is 7.05 Å². The van der Waals surface area contributed by atoms with Crippen LogP contribution in [-0.4, -0.2) is 37.1 Å². The van der Waals surface area contributed by atoms with E-state index in [1.54, 1.807) is 11.0 Å². The Morgan fingerprint density at radius 3 is 2.81 bits per heavy atom. The molecule has 32 heavy (non-hydrogen) atoms. The number of amides is 1. The minimum absolute atomic E-state index is 0.0180. The Morgan fingerprint density at radius 2 is 2.03 bits per heavy atom. The number of aromatic nitrogens is 4. The molecule has 1 saturated heterocycles. The lowest BCUT2D eigenvalue weighted by molar-refractivity contribution is -0.119. The predicted molar refractivity (Wildman–Crippen MR) is 118 cm³/mol. The number of nitrogens with zero attached hydrogens (tertiary/aromatic N) is 6. The van der Waals surface area contributed by atoms with E-state index in [9.17, 15) is 9.18 Å². The molecule has 0 saturated carbocycles. The molecule has 0 radical (unpaired) electrons. The highest BCUT2D eigenvalue weighted by molar-refractivity contribution is 5.95. The van der Waals surface area contributed by atoms with Gasteiger partial charge in [-0.05, 0) is 50.4 Å². The monoisotopic (exact) mass is 434 g/mol. The fraction of sp³-hybridized carbons (Fsp3) is 0.417. The van der Waals surface area contributed by atoms with Gasteiger partial charge in [0.15, 0.2) is 0 Å². The molecule has 2 aromatic heterocycles. The van der Waals surface area contributed by atoms with Crippen LogP contribution in [0.5, 0.6) is 0 Å². The van der Waals surface area contributed by atoms with Crippen molar-refractivity contribution in [2.45, 2.75) is 51.7 Å². The van der Waals surface area contributed by atoms with E-state index in [1.807, 2.05) is 37.1 Å². The number of anilines is 1. The number of likely N-dealkylation sites (tertiary alicyclic amines) is 1. The quantitative estimate of drug-likeness (QED) is 0.615. The minimum Gasteiger partial charge on any atom is -0.292 e. The fourth-order valence-electron chi connectivity index (χ4n) is 4.83. The highest BCUT2D eigenvalue weighted by Crippen LogP contribution is 2.35. The van der Waals surface area contributed by atoms with Crippen LogP contribution < -0.4 is 4.90 Å². The number of benzene rings is 1. The highest BCUT2D eigenvalue weighted by Gasteiger charge is 2.33. The number of aryl methyl sites for hydroxylation is 2. The standard InChI is InChI=1S/C24H27FN6O/c1-16-20-8-9-22(32)31(15-17-5-3-6-19(25)11-17)24(20)28-23(27-16)21-7-4-10-30(21)14-18-12-26-29(2)13-18/h3,5-6,11-13,21H,4,7-10,14-15H2,1-2H3. The van der Waals surface area contributed by atoms with Crippen molar-refractivity contribution in [3.8, 4) is 0 Å². The zero-order valence-electron chi connectivity index (χ0n) is 18.5. The van der Waals surface area contributed by atoms with Gasteiger partial charge in [0, 0.05) is 43.0 Å². The molecule has 1 amide bonds. The van der Waals surface area contributed by atoms with Crippen molar-refractivity contribution in [2.75, 3.05) is 11.4 Å². The zero-order valence-corrected chi connectivity index (χ0v) is 18.5. The third-order valence-corrected chi connectivity index (χ3v) is 6.39. The fourth-order valence-corrected chi connectivity index (χ4v) is 4.83. The summed E-state index contributed by atoms with van der Waals surface area (Å²) in [6.45, 7) is 4.08. The molecule has 3 aromatic rings. The normalized spacial score (nSPS) is 18.9. The number of fused-ring (bicyclic) bond motifs is 1. The largest absolute Gasteiger partial charge is 0.292 e. The third-order valence-electron chi connectivity index (χ3n) is 6.39. The Kier molecular flexibility index (Phi) is 5.46. The van der Waals surface area contributed by atoms with Crippen molar-refractivity contribution >= 4 is 11.7 Å². The molecule has 1 aromatic carbocycles. The van der Waals surface area contributed by atoms with E-state index in [-0.39, 0.29) is 17.8 Å². The van der Waals surface area contributed by atoms with Gasteiger partial charge < -0.3 is 0 Å². The number of rotatable bonds is 5. The molecule has 4 heterocycles. The van der Waals surface area contributed by atoms with Crippen LogP contribution in [0.25, 0.3) is 0 Å². The van der Waals surface area contributed by atoms with Gasteiger partial charge >= 0.3 is 0 Å². The van der Waals surface area contributed by atoms with Crippen LogP contribution in [0.15, 0.2) is 36.7 Å². The first-order valence-corrected chi connectivity index (χ1v) is 11.1. The number of hydrogen-bond acceptors (Lipinski definition) is 5. The van der Waals surface area contributed by atoms with Crippen LogP contribution in [0.2, 0.25) is 0 Å². The summed E-state index contributed by atoms with van der Waals surface area (Å²) in [6, 6.07) is 6.50. The van der Waals surface area contributed by atoms with Crippen molar-refractivity contribution in [3.63, 3.8) is 0 Å². The number of carbonyl (C=O) groups excluding carboxylic acids is 1.